The van der Waals surface area contributed by atoms with Crippen LogP contribution < -0.4 is 0 Å². The minimum absolute atomic E-state index is 0.292. The van der Waals surface area contributed by atoms with Crippen molar-refractivity contribution >= 4 is 5.97 Å². The number of carbonyl (C=O) groups is 1. The SMILES string of the molecule is Cc1cc(C(F)(F)CC(=O)O)on1. The summed E-state index contributed by atoms with van der Waals surface area (Å²) in [5, 5.41) is 11.4. The highest BCUT2D eigenvalue weighted by atomic mass is 19.3. The fraction of sp³-hybridized carbons (Fsp3) is 0.429. The Labute approximate surface area is 72.1 Å². The summed E-state index contributed by atoms with van der Waals surface area (Å²) < 4.78 is 30.1. The van der Waals surface area contributed by atoms with Gasteiger partial charge < -0.3 is 9.63 Å². The lowest BCUT2D eigenvalue weighted by atomic mass is 10.2. The lowest BCUT2D eigenvalue weighted by Gasteiger charge is -2.08. The number of hydrogen-bond acceptors (Lipinski definition) is 3. The summed E-state index contributed by atoms with van der Waals surface area (Å²) in [6.07, 6.45) is -1.29. The number of aliphatic carboxylic acids is 1. The van der Waals surface area contributed by atoms with Gasteiger partial charge in [-0.1, -0.05) is 5.16 Å². The number of carboxylic acids is 1. The zero-order chi connectivity index (χ0) is 10.1. The van der Waals surface area contributed by atoms with E-state index in [9.17, 15) is 13.6 Å². The molecule has 0 saturated carbocycles. The van der Waals surface area contributed by atoms with E-state index < -0.39 is 24.1 Å². The molecule has 1 N–H and O–H groups in total. The van der Waals surface area contributed by atoms with Crippen LogP contribution >= 0.6 is 0 Å². The molecule has 0 amide bonds. The van der Waals surface area contributed by atoms with Crippen LogP contribution in [-0.4, -0.2) is 16.2 Å². The summed E-state index contributed by atoms with van der Waals surface area (Å²) in [5.41, 5.74) is 0.292. The van der Waals surface area contributed by atoms with Gasteiger partial charge in [0.1, 0.15) is 6.42 Å². The Balaban J connectivity index is 2.86. The van der Waals surface area contributed by atoms with E-state index in [1.54, 1.807) is 0 Å². The average Bonchev–Trinajstić information content (AvgIpc) is 2.32. The molecule has 6 heteroatoms. The molecule has 72 valence electrons. The average molecular weight is 191 g/mol. The summed E-state index contributed by atoms with van der Waals surface area (Å²) in [6, 6.07) is 1.02. The molecule has 0 aliphatic heterocycles. The van der Waals surface area contributed by atoms with Crippen molar-refractivity contribution in [3.8, 4) is 0 Å². The molecule has 0 atom stereocenters. The number of alkyl halides is 2. The normalized spacial score (nSPS) is 11.6. The van der Waals surface area contributed by atoms with Gasteiger partial charge in [-0.15, -0.1) is 0 Å². The van der Waals surface area contributed by atoms with E-state index in [4.69, 9.17) is 5.11 Å². The first-order chi connectivity index (χ1) is 5.92. The lowest BCUT2D eigenvalue weighted by molar-refractivity contribution is -0.147. The van der Waals surface area contributed by atoms with E-state index in [0.717, 1.165) is 6.07 Å². The van der Waals surface area contributed by atoms with Crippen molar-refractivity contribution in [3.05, 3.63) is 17.5 Å². The van der Waals surface area contributed by atoms with Crippen LogP contribution in [0.25, 0.3) is 0 Å². The number of rotatable bonds is 3. The monoisotopic (exact) mass is 191 g/mol. The summed E-state index contributed by atoms with van der Waals surface area (Å²) in [4.78, 5) is 10.1. The molecule has 1 rings (SSSR count). The van der Waals surface area contributed by atoms with Crippen molar-refractivity contribution in [1.82, 2.24) is 5.16 Å². The third-order valence-electron chi connectivity index (χ3n) is 1.36. The number of aromatic nitrogens is 1. The summed E-state index contributed by atoms with van der Waals surface area (Å²) in [7, 11) is 0. The van der Waals surface area contributed by atoms with Gasteiger partial charge in [-0.3, -0.25) is 4.79 Å². The van der Waals surface area contributed by atoms with Gasteiger partial charge in [-0.05, 0) is 6.92 Å². The molecule has 0 unspecified atom stereocenters. The van der Waals surface area contributed by atoms with Gasteiger partial charge in [-0.25, -0.2) is 0 Å². The van der Waals surface area contributed by atoms with Crippen LogP contribution in [0.4, 0.5) is 8.78 Å². The molecule has 1 heterocycles. The fourth-order valence-electron chi connectivity index (χ4n) is 0.813. The molecule has 0 aliphatic rings. The molecule has 0 bridgehead atoms. The van der Waals surface area contributed by atoms with Gasteiger partial charge in [0.05, 0.1) is 5.69 Å². The van der Waals surface area contributed by atoms with Crippen molar-refractivity contribution in [2.45, 2.75) is 19.3 Å². The highest BCUT2D eigenvalue weighted by Crippen LogP contribution is 2.31. The Morgan fingerprint density at radius 3 is 2.77 bits per heavy atom. The van der Waals surface area contributed by atoms with Gasteiger partial charge >= 0.3 is 11.9 Å². The minimum atomic E-state index is -3.49. The second kappa shape index (κ2) is 3.12. The maximum atomic E-state index is 12.9. The molecule has 1 aromatic rings. The van der Waals surface area contributed by atoms with E-state index in [1.165, 1.54) is 6.92 Å². The highest BCUT2D eigenvalue weighted by molar-refractivity contribution is 5.68. The third kappa shape index (κ3) is 2.24. The second-order valence-corrected chi connectivity index (χ2v) is 2.61. The zero-order valence-corrected chi connectivity index (χ0v) is 6.75. The predicted octanol–water partition coefficient (Wildman–Crippen LogP) is 1.55. The Bertz CT molecular complexity index is 321. The minimum Gasteiger partial charge on any atom is -0.481 e. The number of nitrogens with zero attached hydrogens (tertiary/aromatic N) is 1. The maximum Gasteiger partial charge on any atom is 0.317 e. The summed E-state index contributed by atoms with van der Waals surface area (Å²) >= 11 is 0. The Morgan fingerprint density at radius 1 is 1.77 bits per heavy atom. The lowest BCUT2D eigenvalue weighted by Crippen LogP contribution is -2.17. The van der Waals surface area contributed by atoms with Crippen molar-refractivity contribution < 1.29 is 23.2 Å². The van der Waals surface area contributed by atoms with Crippen LogP contribution in [0.5, 0.6) is 0 Å². The van der Waals surface area contributed by atoms with Crippen LogP contribution in [0.2, 0.25) is 0 Å². The molecule has 1 aromatic heterocycles. The van der Waals surface area contributed by atoms with Crippen molar-refractivity contribution in [1.29, 1.82) is 0 Å². The van der Waals surface area contributed by atoms with E-state index in [-0.39, 0.29) is 0 Å². The molecule has 0 spiro atoms. The molecule has 13 heavy (non-hydrogen) atoms. The van der Waals surface area contributed by atoms with E-state index in [2.05, 4.69) is 9.68 Å². The number of halogens is 2. The molecule has 0 saturated heterocycles. The topological polar surface area (TPSA) is 63.3 Å². The van der Waals surface area contributed by atoms with Gasteiger partial charge in [0.15, 0.2) is 0 Å². The number of hydrogen-bond donors (Lipinski definition) is 1. The van der Waals surface area contributed by atoms with Gasteiger partial charge in [0, 0.05) is 6.07 Å². The summed E-state index contributed by atoms with van der Waals surface area (Å²) in [6.45, 7) is 1.48. The van der Waals surface area contributed by atoms with Crippen molar-refractivity contribution in [2.24, 2.45) is 0 Å². The molecular formula is C7H7F2NO3. The first-order valence-corrected chi connectivity index (χ1v) is 3.45. The van der Waals surface area contributed by atoms with E-state index in [1.807, 2.05) is 0 Å². The quantitative estimate of drug-likeness (QED) is 0.787. The molecule has 0 aromatic carbocycles. The van der Waals surface area contributed by atoms with Crippen molar-refractivity contribution in [3.63, 3.8) is 0 Å². The van der Waals surface area contributed by atoms with Gasteiger partial charge in [-0.2, -0.15) is 8.78 Å². The zero-order valence-electron chi connectivity index (χ0n) is 6.75. The van der Waals surface area contributed by atoms with E-state index in [0.29, 0.717) is 5.69 Å². The summed E-state index contributed by atoms with van der Waals surface area (Å²) in [5.74, 6) is -5.79. The highest BCUT2D eigenvalue weighted by Gasteiger charge is 2.38. The Hall–Kier alpha value is -1.46. The largest absolute Gasteiger partial charge is 0.481 e. The van der Waals surface area contributed by atoms with Gasteiger partial charge in [0.25, 0.3) is 0 Å². The fourth-order valence-corrected chi connectivity index (χ4v) is 0.813. The van der Waals surface area contributed by atoms with Gasteiger partial charge in [0.2, 0.25) is 5.76 Å². The smallest absolute Gasteiger partial charge is 0.317 e. The molecule has 0 fully saturated rings. The third-order valence-corrected chi connectivity index (χ3v) is 1.36. The Morgan fingerprint density at radius 2 is 2.38 bits per heavy atom. The molecule has 0 aliphatic carbocycles. The van der Waals surface area contributed by atoms with Crippen LogP contribution in [0, 0.1) is 6.92 Å². The second-order valence-electron chi connectivity index (χ2n) is 2.61. The van der Waals surface area contributed by atoms with Crippen molar-refractivity contribution in [2.75, 3.05) is 0 Å². The molecule has 0 radical (unpaired) electrons. The first-order valence-electron chi connectivity index (χ1n) is 3.45. The maximum absolute atomic E-state index is 12.9. The van der Waals surface area contributed by atoms with E-state index >= 15 is 0 Å². The molecule has 4 nitrogen and oxygen atoms in total. The van der Waals surface area contributed by atoms with Crippen LogP contribution in [0.15, 0.2) is 10.6 Å². The van der Waals surface area contributed by atoms with Crippen LogP contribution in [0.3, 0.4) is 0 Å². The Kier molecular flexibility index (Phi) is 2.31. The number of aryl methyl sites for hydroxylation is 1. The standard InChI is InChI=1S/C7H7F2NO3/c1-4-2-5(13-10-4)7(8,9)3-6(11)12/h2H,3H2,1H3,(H,11,12). The van der Waals surface area contributed by atoms with Crippen LogP contribution in [0.1, 0.15) is 17.9 Å². The number of carboxylic acid groups (broad SMARTS) is 1. The predicted molar refractivity (Wildman–Crippen MR) is 37.4 cm³/mol. The first kappa shape index (κ1) is 9.63. The van der Waals surface area contributed by atoms with Crippen LogP contribution in [-0.2, 0) is 10.7 Å². The molecular weight excluding hydrogens is 184 g/mol.